The van der Waals surface area contributed by atoms with Crippen LogP contribution in [0.2, 0.25) is 0 Å². The Morgan fingerprint density at radius 1 is 1.25 bits per heavy atom. The molecular weight excluding hydrogens is 254 g/mol. The molecule has 1 unspecified atom stereocenters. The summed E-state index contributed by atoms with van der Waals surface area (Å²) < 4.78 is 5.50. The van der Waals surface area contributed by atoms with Gasteiger partial charge in [0.05, 0.1) is 6.04 Å². The number of rotatable bonds is 4. The van der Waals surface area contributed by atoms with Crippen LogP contribution in [0.1, 0.15) is 37.0 Å². The SMILES string of the molecule is NCC1(Cc2nc(C3CN4CCN3CC4)no2)CCC1. The summed E-state index contributed by atoms with van der Waals surface area (Å²) in [7, 11) is 0. The molecule has 2 N–H and O–H groups in total. The maximum absolute atomic E-state index is 5.91. The standard InChI is InChI=1S/C14H23N5O/c15-10-14(2-1-3-14)8-12-16-13(17-20-12)11-9-18-4-6-19(11)7-5-18/h11H,1-10,15H2. The molecule has 3 saturated heterocycles. The molecule has 1 aromatic rings. The van der Waals surface area contributed by atoms with Crippen LogP contribution in [0.4, 0.5) is 0 Å². The van der Waals surface area contributed by atoms with Crippen LogP contribution in [0.25, 0.3) is 0 Å². The van der Waals surface area contributed by atoms with Crippen LogP contribution in [0.15, 0.2) is 4.52 Å². The Kier molecular flexibility index (Phi) is 3.05. The third kappa shape index (κ3) is 2.06. The minimum absolute atomic E-state index is 0.235. The van der Waals surface area contributed by atoms with E-state index >= 15 is 0 Å². The van der Waals surface area contributed by atoms with E-state index in [0.717, 1.165) is 44.3 Å². The number of aromatic nitrogens is 2. The fourth-order valence-corrected chi connectivity index (χ4v) is 3.79. The zero-order valence-electron chi connectivity index (χ0n) is 11.9. The number of nitrogens with two attached hydrogens (primary N) is 1. The Hall–Kier alpha value is -0.980. The summed E-state index contributed by atoms with van der Waals surface area (Å²) in [5.41, 5.74) is 6.15. The molecule has 0 spiro atoms. The van der Waals surface area contributed by atoms with Gasteiger partial charge in [-0.3, -0.25) is 9.80 Å². The maximum atomic E-state index is 5.91. The van der Waals surface area contributed by atoms with Crippen molar-refractivity contribution in [2.75, 3.05) is 39.3 Å². The second-order valence-electron chi connectivity index (χ2n) is 6.63. The van der Waals surface area contributed by atoms with Gasteiger partial charge in [-0.1, -0.05) is 11.6 Å². The topological polar surface area (TPSA) is 71.4 Å². The zero-order chi connectivity index (χ0) is 13.6. The Morgan fingerprint density at radius 3 is 2.60 bits per heavy atom. The third-order valence-electron chi connectivity index (χ3n) is 5.43. The second kappa shape index (κ2) is 4.79. The van der Waals surface area contributed by atoms with Gasteiger partial charge in [-0.15, -0.1) is 0 Å². The molecule has 4 heterocycles. The molecule has 5 rings (SSSR count). The summed E-state index contributed by atoms with van der Waals surface area (Å²) in [6.07, 6.45) is 4.53. The minimum atomic E-state index is 0.235. The van der Waals surface area contributed by atoms with Crippen LogP contribution in [0.3, 0.4) is 0 Å². The molecule has 4 fully saturated rings. The molecule has 6 nitrogen and oxygen atoms in total. The van der Waals surface area contributed by atoms with E-state index in [1.165, 1.54) is 32.4 Å². The van der Waals surface area contributed by atoms with Crippen LogP contribution in [-0.4, -0.2) is 59.2 Å². The number of piperazine rings is 3. The molecule has 1 saturated carbocycles. The Bertz CT molecular complexity index is 470. The quantitative estimate of drug-likeness (QED) is 0.859. The zero-order valence-corrected chi connectivity index (χ0v) is 11.9. The van der Waals surface area contributed by atoms with Crippen molar-refractivity contribution in [3.63, 3.8) is 0 Å². The van der Waals surface area contributed by atoms with Crippen molar-refractivity contribution in [2.45, 2.75) is 31.7 Å². The predicted molar refractivity (Wildman–Crippen MR) is 74.1 cm³/mol. The summed E-state index contributed by atoms with van der Waals surface area (Å²) in [4.78, 5) is 9.64. The molecule has 2 bridgehead atoms. The highest BCUT2D eigenvalue weighted by atomic mass is 16.5. The monoisotopic (exact) mass is 277 g/mol. The molecule has 3 aliphatic heterocycles. The predicted octanol–water partition coefficient (Wildman–Crippen LogP) is 0.413. The van der Waals surface area contributed by atoms with E-state index in [-0.39, 0.29) is 5.41 Å². The van der Waals surface area contributed by atoms with Gasteiger partial charge in [0.25, 0.3) is 0 Å². The van der Waals surface area contributed by atoms with Crippen LogP contribution in [0, 0.1) is 5.41 Å². The molecule has 6 heteroatoms. The third-order valence-corrected chi connectivity index (χ3v) is 5.43. The molecule has 1 aromatic heterocycles. The summed E-state index contributed by atoms with van der Waals surface area (Å²) in [5.74, 6) is 1.65. The van der Waals surface area contributed by atoms with Gasteiger partial charge in [0.1, 0.15) is 0 Å². The second-order valence-corrected chi connectivity index (χ2v) is 6.63. The van der Waals surface area contributed by atoms with E-state index in [1.54, 1.807) is 0 Å². The first kappa shape index (κ1) is 12.7. The fraction of sp³-hybridized carbons (Fsp3) is 0.857. The van der Waals surface area contributed by atoms with E-state index in [0.29, 0.717) is 6.04 Å². The number of hydrogen-bond donors (Lipinski definition) is 1. The van der Waals surface area contributed by atoms with Crippen molar-refractivity contribution in [1.29, 1.82) is 0 Å². The Morgan fingerprint density at radius 2 is 2.05 bits per heavy atom. The molecule has 1 aliphatic carbocycles. The molecule has 0 amide bonds. The van der Waals surface area contributed by atoms with E-state index in [9.17, 15) is 0 Å². The van der Waals surface area contributed by atoms with Crippen LogP contribution < -0.4 is 5.73 Å². The molecule has 4 aliphatic rings. The van der Waals surface area contributed by atoms with Gasteiger partial charge in [-0.05, 0) is 24.8 Å². The molecule has 1 atom stereocenters. The summed E-state index contributed by atoms with van der Waals surface area (Å²) >= 11 is 0. The summed E-state index contributed by atoms with van der Waals surface area (Å²) in [6, 6.07) is 0.324. The molecule has 110 valence electrons. The smallest absolute Gasteiger partial charge is 0.227 e. The summed E-state index contributed by atoms with van der Waals surface area (Å²) in [6.45, 7) is 6.38. The molecule has 0 radical (unpaired) electrons. The highest BCUT2D eigenvalue weighted by Gasteiger charge is 2.39. The Labute approximate surface area is 119 Å². The van der Waals surface area contributed by atoms with Gasteiger partial charge in [-0.2, -0.15) is 4.98 Å². The normalized spacial score (nSPS) is 35.0. The van der Waals surface area contributed by atoms with Gasteiger partial charge in [0.15, 0.2) is 5.82 Å². The maximum Gasteiger partial charge on any atom is 0.227 e. The van der Waals surface area contributed by atoms with Crippen molar-refractivity contribution in [3.05, 3.63) is 11.7 Å². The average molecular weight is 277 g/mol. The van der Waals surface area contributed by atoms with Gasteiger partial charge in [0.2, 0.25) is 5.89 Å². The fourth-order valence-electron chi connectivity index (χ4n) is 3.79. The first-order valence-electron chi connectivity index (χ1n) is 7.77. The lowest BCUT2D eigenvalue weighted by molar-refractivity contribution is 0.00781. The van der Waals surface area contributed by atoms with Crippen molar-refractivity contribution in [3.8, 4) is 0 Å². The van der Waals surface area contributed by atoms with Crippen molar-refractivity contribution >= 4 is 0 Å². The lowest BCUT2D eigenvalue weighted by Crippen LogP contribution is -2.57. The largest absolute Gasteiger partial charge is 0.339 e. The lowest BCUT2D eigenvalue weighted by atomic mass is 9.67. The van der Waals surface area contributed by atoms with Crippen molar-refractivity contribution in [2.24, 2.45) is 11.1 Å². The van der Waals surface area contributed by atoms with Crippen LogP contribution in [0.5, 0.6) is 0 Å². The van der Waals surface area contributed by atoms with Crippen LogP contribution in [-0.2, 0) is 6.42 Å². The van der Waals surface area contributed by atoms with Gasteiger partial charge in [0, 0.05) is 39.1 Å². The molecule has 0 aromatic carbocycles. The van der Waals surface area contributed by atoms with E-state index < -0.39 is 0 Å². The van der Waals surface area contributed by atoms with Gasteiger partial charge >= 0.3 is 0 Å². The van der Waals surface area contributed by atoms with E-state index in [1.807, 2.05) is 0 Å². The van der Waals surface area contributed by atoms with Crippen molar-refractivity contribution < 1.29 is 4.52 Å². The highest BCUT2D eigenvalue weighted by Crippen LogP contribution is 2.42. The van der Waals surface area contributed by atoms with E-state index in [2.05, 4.69) is 19.9 Å². The number of nitrogens with zero attached hydrogens (tertiary/aromatic N) is 4. The highest BCUT2D eigenvalue weighted by molar-refractivity contribution is 5.03. The first-order chi connectivity index (χ1) is 9.78. The summed E-state index contributed by atoms with van der Waals surface area (Å²) in [5, 5.41) is 4.24. The number of fused-ring (bicyclic) bond motifs is 3. The minimum Gasteiger partial charge on any atom is -0.339 e. The average Bonchev–Trinajstić information content (AvgIpc) is 2.92. The van der Waals surface area contributed by atoms with E-state index in [4.69, 9.17) is 10.3 Å². The van der Waals surface area contributed by atoms with Crippen LogP contribution >= 0.6 is 0 Å². The molecular formula is C14H23N5O. The number of hydrogen-bond acceptors (Lipinski definition) is 6. The molecule has 20 heavy (non-hydrogen) atoms. The van der Waals surface area contributed by atoms with Crippen molar-refractivity contribution in [1.82, 2.24) is 19.9 Å². The van der Waals surface area contributed by atoms with Gasteiger partial charge < -0.3 is 10.3 Å². The lowest BCUT2D eigenvalue weighted by Gasteiger charge is -2.46. The first-order valence-corrected chi connectivity index (χ1v) is 7.77. The Balaban J connectivity index is 1.48. The van der Waals surface area contributed by atoms with Gasteiger partial charge in [-0.25, -0.2) is 0 Å².